The van der Waals surface area contributed by atoms with Gasteiger partial charge in [-0.2, -0.15) is 0 Å². The number of amides is 4. The Morgan fingerprint density at radius 3 is 2.27 bits per heavy atom. The van der Waals surface area contributed by atoms with Crippen LogP contribution in [0.4, 0.5) is 10.5 Å². The number of para-hydroxylation sites is 1. The van der Waals surface area contributed by atoms with E-state index in [4.69, 9.17) is 0 Å². The number of fused-ring (bicyclic) bond motifs is 3. The topological polar surface area (TPSA) is 126 Å². The van der Waals surface area contributed by atoms with Gasteiger partial charge in [0.2, 0.25) is 11.8 Å². The Kier molecular flexibility index (Phi) is 7.03. The van der Waals surface area contributed by atoms with Crippen LogP contribution in [0.25, 0.3) is 10.9 Å². The predicted octanol–water partition coefficient (Wildman–Crippen LogP) is 3.62. The molecule has 3 unspecified atom stereocenters. The molecule has 2 aliphatic rings. The maximum absolute atomic E-state index is 13.8. The van der Waals surface area contributed by atoms with E-state index in [1.54, 1.807) is 40.1 Å². The van der Waals surface area contributed by atoms with Gasteiger partial charge in [-0.25, -0.2) is 4.79 Å². The number of carbonyl (C=O) groups excluding carboxylic acids is 3. The number of hydrogen-bond acceptors (Lipinski definition) is 4. The molecule has 2 fully saturated rings. The van der Waals surface area contributed by atoms with E-state index < -0.39 is 17.6 Å². The van der Waals surface area contributed by atoms with Crippen LogP contribution in [0.3, 0.4) is 0 Å². The first-order chi connectivity index (χ1) is 18.9. The van der Waals surface area contributed by atoms with Crippen molar-refractivity contribution in [1.82, 2.24) is 20.1 Å². The number of carbonyl (C=O) groups is 4. The third kappa shape index (κ3) is 5.25. The van der Waals surface area contributed by atoms with Crippen molar-refractivity contribution in [2.24, 2.45) is 5.41 Å². The molecule has 1 aromatic heterocycles. The van der Waals surface area contributed by atoms with E-state index in [1.807, 2.05) is 52.0 Å². The molecule has 10 nitrogen and oxygen atoms in total. The predicted molar refractivity (Wildman–Crippen MR) is 151 cm³/mol. The molecule has 4 amide bonds. The van der Waals surface area contributed by atoms with E-state index in [0.29, 0.717) is 30.9 Å². The third-order valence-corrected chi connectivity index (χ3v) is 7.88. The number of nitrogens with zero attached hydrogens (tertiary/aromatic N) is 3. The Bertz CT molecular complexity index is 1420. The van der Waals surface area contributed by atoms with Crippen LogP contribution in [0.15, 0.2) is 54.6 Å². The van der Waals surface area contributed by atoms with Crippen molar-refractivity contribution in [1.29, 1.82) is 0 Å². The standard InChI is InChI=1S/C30H35N5O5/c1-18-9-11-20(12-10-18)35(29(39)40)17-25(36)33-15-22-14-21(33)16-34(22)28(38)26(30(2,3)4)32-27(37)24-13-19-7-5-6-8-23(19)31-24/h5-13,21-22,26,31H,14-17H2,1-4H3,(H,32,37)(H,39,40). The normalized spacial score (nSPS) is 19.1. The van der Waals surface area contributed by atoms with Crippen molar-refractivity contribution in [3.8, 4) is 0 Å². The zero-order chi connectivity index (χ0) is 28.8. The monoisotopic (exact) mass is 545 g/mol. The van der Waals surface area contributed by atoms with Gasteiger partial charge in [0.05, 0.1) is 12.1 Å². The minimum atomic E-state index is -1.20. The van der Waals surface area contributed by atoms with Crippen LogP contribution in [0.5, 0.6) is 0 Å². The average Bonchev–Trinajstić information content (AvgIpc) is 3.64. The summed E-state index contributed by atoms with van der Waals surface area (Å²) in [5, 5.41) is 13.6. The van der Waals surface area contributed by atoms with Gasteiger partial charge in [-0.15, -0.1) is 0 Å². The molecule has 5 rings (SSSR count). The van der Waals surface area contributed by atoms with Gasteiger partial charge < -0.3 is 25.2 Å². The summed E-state index contributed by atoms with van der Waals surface area (Å²) in [6.07, 6.45) is -0.570. The van der Waals surface area contributed by atoms with Gasteiger partial charge in [0.15, 0.2) is 0 Å². The Morgan fingerprint density at radius 1 is 1.02 bits per heavy atom. The fourth-order valence-electron chi connectivity index (χ4n) is 5.68. The first-order valence-corrected chi connectivity index (χ1v) is 13.5. The summed E-state index contributed by atoms with van der Waals surface area (Å²) in [4.78, 5) is 59.7. The second-order valence-corrected chi connectivity index (χ2v) is 11.8. The molecule has 0 spiro atoms. The summed E-state index contributed by atoms with van der Waals surface area (Å²) >= 11 is 0. The van der Waals surface area contributed by atoms with Crippen molar-refractivity contribution in [3.63, 3.8) is 0 Å². The quantitative estimate of drug-likeness (QED) is 0.436. The van der Waals surface area contributed by atoms with Crippen LogP contribution in [0.2, 0.25) is 0 Å². The summed E-state index contributed by atoms with van der Waals surface area (Å²) in [5.41, 5.74) is 2.11. The third-order valence-electron chi connectivity index (χ3n) is 7.88. The maximum Gasteiger partial charge on any atom is 0.412 e. The summed E-state index contributed by atoms with van der Waals surface area (Å²) in [7, 11) is 0. The van der Waals surface area contributed by atoms with Crippen molar-refractivity contribution in [2.75, 3.05) is 24.5 Å². The number of aromatic nitrogens is 1. The molecule has 0 radical (unpaired) electrons. The van der Waals surface area contributed by atoms with E-state index in [0.717, 1.165) is 21.4 Å². The highest BCUT2D eigenvalue weighted by atomic mass is 16.4. The molecule has 2 bridgehead atoms. The summed E-state index contributed by atoms with van der Waals surface area (Å²) in [5.74, 6) is -0.819. The molecule has 3 heterocycles. The highest BCUT2D eigenvalue weighted by molar-refractivity contribution is 6.00. The van der Waals surface area contributed by atoms with E-state index >= 15 is 0 Å². The lowest BCUT2D eigenvalue weighted by Crippen LogP contribution is -2.59. The molecule has 3 atom stereocenters. The molecule has 210 valence electrons. The lowest BCUT2D eigenvalue weighted by Gasteiger charge is -2.39. The average molecular weight is 546 g/mol. The smallest absolute Gasteiger partial charge is 0.412 e. The van der Waals surface area contributed by atoms with Crippen molar-refractivity contribution < 1.29 is 24.3 Å². The molecule has 3 N–H and O–H groups in total. The lowest BCUT2D eigenvalue weighted by molar-refractivity contribution is -0.142. The number of nitrogens with one attached hydrogen (secondary N) is 2. The second-order valence-electron chi connectivity index (χ2n) is 11.8. The summed E-state index contributed by atoms with van der Waals surface area (Å²) in [6, 6.07) is 15.2. The number of carboxylic acid groups (broad SMARTS) is 1. The lowest BCUT2D eigenvalue weighted by atomic mass is 9.85. The number of rotatable bonds is 6. The van der Waals surface area contributed by atoms with Gasteiger partial charge in [-0.1, -0.05) is 56.7 Å². The molecule has 0 saturated carbocycles. The summed E-state index contributed by atoms with van der Waals surface area (Å²) in [6.45, 7) is 8.04. The van der Waals surface area contributed by atoms with Crippen LogP contribution in [-0.4, -0.2) is 81.5 Å². The molecule has 0 aliphatic carbocycles. The Morgan fingerprint density at radius 2 is 1.68 bits per heavy atom. The van der Waals surface area contributed by atoms with Crippen molar-refractivity contribution >= 4 is 40.4 Å². The molecule has 2 saturated heterocycles. The molecular formula is C30H35N5O5. The molecule has 40 heavy (non-hydrogen) atoms. The van der Waals surface area contributed by atoms with Crippen LogP contribution < -0.4 is 10.2 Å². The van der Waals surface area contributed by atoms with Crippen molar-refractivity contribution in [3.05, 3.63) is 65.9 Å². The highest BCUT2D eigenvalue weighted by Gasteiger charge is 2.50. The first kappa shape index (κ1) is 27.2. The minimum absolute atomic E-state index is 0.177. The Balaban J connectivity index is 1.25. The number of hydrogen-bond donors (Lipinski definition) is 3. The molecule has 10 heteroatoms. The van der Waals surface area contributed by atoms with Crippen LogP contribution >= 0.6 is 0 Å². The molecular weight excluding hydrogens is 510 g/mol. The Labute approximate surface area is 232 Å². The minimum Gasteiger partial charge on any atom is -0.465 e. The van der Waals surface area contributed by atoms with Gasteiger partial charge in [-0.3, -0.25) is 19.3 Å². The Hall–Kier alpha value is -4.34. The number of aryl methyl sites for hydroxylation is 1. The van der Waals surface area contributed by atoms with Gasteiger partial charge in [-0.05, 0) is 43.0 Å². The van der Waals surface area contributed by atoms with Gasteiger partial charge >= 0.3 is 6.09 Å². The van der Waals surface area contributed by atoms with E-state index in [1.165, 1.54) is 0 Å². The highest BCUT2D eigenvalue weighted by Crippen LogP contribution is 2.34. The fraction of sp³-hybridized carbons (Fsp3) is 0.400. The number of H-pyrrole nitrogens is 1. The number of anilines is 1. The van der Waals surface area contributed by atoms with Crippen molar-refractivity contribution in [2.45, 2.75) is 52.2 Å². The zero-order valence-corrected chi connectivity index (χ0v) is 23.2. The van der Waals surface area contributed by atoms with E-state index in [9.17, 15) is 24.3 Å². The van der Waals surface area contributed by atoms with E-state index in [2.05, 4.69) is 10.3 Å². The van der Waals surface area contributed by atoms with Crippen LogP contribution in [0.1, 0.15) is 43.2 Å². The maximum atomic E-state index is 13.8. The van der Waals surface area contributed by atoms with E-state index in [-0.39, 0.29) is 36.3 Å². The molecule has 2 aromatic carbocycles. The van der Waals surface area contributed by atoms with Gasteiger partial charge in [0.25, 0.3) is 5.91 Å². The number of aromatic amines is 1. The second kappa shape index (κ2) is 10.3. The van der Waals surface area contributed by atoms with Crippen LogP contribution in [0, 0.1) is 12.3 Å². The number of piperazine rings is 1. The largest absolute Gasteiger partial charge is 0.465 e. The van der Waals surface area contributed by atoms with Crippen LogP contribution in [-0.2, 0) is 9.59 Å². The zero-order valence-electron chi connectivity index (χ0n) is 23.2. The van der Waals surface area contributed by atoms with Gasteiger partial charge in [0, 0.05) is 29.7 Å². The molecule has 3 aromatic rings. The first-order valence-electron chi connectivity index (χ1n) is 13.5. The number of likely N-dealkylation sites (tertiary alicyclic amines) is 2. The summed E-state index contributed by atoms with van der Waals surface area (Å²) < 4.78 is 0. The fourth-order valence-corrected chi connectivity index (χ4v) is 5.68. The van der Waals surface area contributed by atoms with Gasteiger partial charge in [0.1, 0.15) is 18.3 Å². The number of benzene rings is 2. The SMILES string of the molecule is Cc1ccc(N(CC(=O)N2CC3CC2CN3C(=O)C(NC(=O)c2cc3ccccc3[nH]2)C(C)(C)C)C(=O)O)cc1. The molecule has 2 aliphatic heterocycles.